The van der Waals surface area contributed by atoms with E-state index in [1.165, 1.54) is 89.9 Å². The molecule has 0 atom stereocenters. The van der Waals surface area contributed by atoms with Gasteiger partial charge in [0.15, 0.2) is 13.1 Å². The van der Waals surface area contributed by atoms with Crippen LogP contribution in [-0.4, -0.2) is 32.9 Å². The maximum atomic E-state index is 6.09. The maximum Gasteiger partial charge on any atom is 0.188 e. The van der Waals surface area contributed by atoms with Gasteiger partial charge >= 0.3 is 0 Å². The maximum absolute atomic E-state index is 6.09. The third kappa shape index (κ3) is 29.5. The van der Waals surface area contributed by atoms with Crippen molar-refractivity contribution in [2.45, 2.75) is 162 Å². The fourth-order valence-corrected chi connectivity index (χ4v) is 4.07. The quantitative estimate of drug-likeness (QED) is 0.0560. The van der Waals surface area contributed by atoms with Gasteiger partial charge in [-0.15, -0.1) is 0 Å². The van der Waals surface area contributed by atoms with Crippen LogP contribution in [0.3, 0.4) is 0 Å². The first kappa shape index (κ1) is 34.4. The lowest BCUT2D eigenvalue weighted by Crippen LogP contribution is -2.19. The molecule has 4 heteroatoms. The smallest absolute Gasteiger partial charge is 0.188 e. The normalized spacial score (nSPS) is 11.8. The van der Waals surface area contributed by atoms with Crippen molar-refractivity contribution in [3.8, 4) is 0 Å². The Bertz CT molecular complexity index is 383. The van der Waals surface area contributed by atoms with Crippen LogP contribution in [0.5, 0.6) is 0 Å². The van der Waals surface area contributed by atoms with E-state index in [0.29, 0.717) is 6.79 Å². The Balaban J connectivity index is 3.72. The molecular formula is C31H62O4. The van der Waals surface area contributed by atoms with E-state index in [9.17, 15) is 0 Å². The Labute approximate surface area is 219 Å². The van der Waals surface area contributed by atoms with Crippen molar-refractivity contribution in [3.05, 3.63) is 12.3 Å². The molecule has 35 heavy (non-hydrogen) atoms. The molecule has 0 unspecified atom stereocenters. The van der Waals surface area contributed by atoms with E-state index in [4.69, 9.17) is 18.9 Å². The second kappa shape index (κ2) is 31.4. The van der Waals surface area contributed by atoms with Gasteiger partial charge in [0.05, 0.1) is 12.9 Å². The standard InChI is InChI=1S/C31H62O4/c1-4-7-10-13-14-18-21-26-32-30-33-27-22-19-15-20-25-31(34-28-23-16-11-8-5-2)35-29-24-17-12-9-6-3/h22,27,31H,4-21,23-26,28-30H2,1-3H3. The summed E-state index contributed by atoms with van der Waals surface area (Å²) in [6.07, 6.45) is 30.0. The lowest BCUT2D eigenvalue weighted by atomic mass is 10.1. The molecule has 0 aliphatic carbocycles. The summed E-state index contributed by atoms with van der Waals surface area (Å²) in [4.78, 5) is 0. The van der Waals surface area contributed by atoms with Gasteiger partial charge in [0.25, 0.3) is 0 Å². The summed E-state index contributed by atoms with van der Waals surface area (Å²) in [6.45, 7) is 9.61. The van der Waals surface area contributed by atoms with E-state index in [1.54, 1.807) is 6.26 Å². The van der Waals surface area contributed by atoms with Crippen LogP contribution < -0.4 is 0 Å². The fraction of sp³-hybridized carbons (Fsp3) is 0.935. The summed E-state index contributed by atoms with van der Waals surface area (Å²) < 4.78 is 23.2. The zero-order chi connectivity index (χ0) is 25.5. The van der Waals surface area contributed by atoms with Gasteiger partial charge in [0.1, 0.15) is 0 Å². The van der Waals surface area contributed by atoms with Crippen molar-refractivity contribution in [1.82, 2.24) is 0 Å². The summed E-state index contributed by atoms with van der Waals surface area (Å²) >= 11 is 0. The molecule has 0 aromatic heterocycles. The van der Waals surface area contributed by atoms with E-state index < -0.39 is 0 Å². The van der Waals surface area contributed by atoms with Crippen LogP contribution in [0.25, 0.3) is 0 Å². The third-order valence-corrected chi connectivity index (χ3v) is 6.40. The van der Waals surface area contributed by atoms with Gasteiger partial charge in [-0.25, -0.2) is 0 Å². The highest BCUT2D eigenvalue weighted by atomic mass is 16.7. The third-order valence-electron chi connectivity index (χ3n) is 6.40. The largest absolute Gasteiger partial charge is 0.475 e. The number of unbranched alkanes of at least 4 members (excludes halogenated alkanes) is 16. The van der Waals surface area contributed by atoms with E-state index in [1.807, 2.05) is 0 Å². The Morgan fingerprint density at radius 1 is 0.514 bits per heavy atom. The lowest BCUT2D eigenvalue weighted by Gasteiger charge is -2.19. The first-order valence-electron chi connectivity index (χ1n) is 15.4. The minimum absolute atomic E-state index is 0.0346. The van der Waals surface area contributed by atoms with Crippen LogP contribution in [0.2, 0.25) is 0 Å². The summed E-state index contributed by atoms with van der Waals surface area (Å²) in [7, 11) is 0. The van der Waals surface area contributed by atoms with Crippen molar-refractivity contribution in [3.63, 3.8) is 0 Å². The molecule has 4 nitrogen and oxygen atoms in total. The Kier molecular flexibility index (Phi) is 30.9. The highest BCUT2D eigenvalue weighted by molar-refractivity contribution is 4.72. The van der Waals surface area contributed by atoms with Crippen LogP contribution >= 0.6 is 0 Å². The molecular weight excluding hydrogens is 436 g/mol. The van der Waals surface area contributed by atoms with E-state index in [-0.39, 0.29) is 6.29 Å². The summed E-state index contributed by atoms with van der Waals surface area (Å²) in [6, 6.07) is 0. The average molecular weight is 499 g/mol. The second-order valence-corrected chi connectivity index (χ2v) is 9.97. The van der Waals surface area contributed by atoms with Crippen molar-refractivity contribution in [1.29, 1.82) is 0 Å². The topological polar surface area (TPSA) is 36.9 Å². The molecule has 0 aromatic carbocycles. The van der Waals surface area contributed by atoms with Crippen molar-refractivity contribution in [2.24, 2.45) is 0 Å². The molecule has 0 spiro atoms. The molecule has 0 fully saturated rings. The molecule has 0 aromatic rings. The van der Waals surface area contributed by atoms with Crippen LogP contribution in [0.15, 0.2) is 12.3 Å². The monoisotopic (exact) mass is 498 g/mol. The molecule has 0 saturated heterocycles. The Morgan fingerprint density at radius 3 is 1.54 bits per heavy atom. The Hall–Kier alpha value is -0.580. The van der Waals surface area contributed by atoms with Crippen LogP contribution in [0.1, 0.15) is 156 Å². The average Bonchev–Trinajstić information content (AvgIpc) is 2.87. The highest BCUT2D eigenvalue weighted by Gasteiger charge is 2.09. The number of ether oxygens (including phenoxy) is 4. The molecule has 0 aliphatic rings. The summed E-state index contributed by atoms with van der Waals surface area (Å²) in [5.41, 5.74) is 0. The zero-order valence-electron chi connectivity index (χ0n) is 24.0. The van der Waals surface area contributed by atoms with Crippen LogP contribution in [0.4, 0.5) is 0 Å². The predicted molar refractivity (Wildman–Crippen MR) is 151 cm³/mol. The number of hydrogen-bond acceptors (Lipinski definition) is 4. The molecule has 0 N–H and O–H groups in total. The lowest BCUT2D eigenvalue weighted by molar-refractivity contribution is -0.148. The second-order valence-electron chi connectivity index (χ2n) is 9.97. The predicted octanol–water partition coefficient (Wildman–Crippen LogP) is 10.1. The molecule has 0 radical (unpaired) electrons. The number of allylic oxidation sites excluding steroid dienone is 1. The minimum Gasteiger partial charge on any atom is -0.475 e. The van der Waals surface area contributed by atoms with Crippen molar-refractivity contribution < 1.29 is 18.9 Å². The van der Waals surface area contributed by atoms with Gasteiger partial charge < -0.3 is 18.9 Å². The SMILES string of the molecule is CCCCCCCCCOCOC=CCCCCC(OCCCCCCC)OCCCCCCC. The fourth-order valence-electron chi connectivity index (χ4n) is 4.07. The van der Waals surface area contributed by atoms with Gasteiger partial charge in [-0.2, -0.15) is 0 Å². The highest BCUT2D eigenvalue weighted by Crippen LogP contribution is 2.13. The van der Waals surface area contributed by atoms with E-state index in [0.717, 1.165) is 64.8 Å². The summed E-state index contributed by atoms with van der Waals surface area (Å²) in [5, 5.41) is 0. The van der Waals surface area contributed by atoms with Gasteiger partial charge in [-0.1, -0.05) is 111 Å². The van der Waals surface area contributed by atoms with Gasteiger partial charge in [0, 0.05) is 13.2 Å². The first-order chi connectivity index (χ1) is 17.3. The summed E-state index contributed by atoms with van der Waals surface area (Å²) in [5.74, 6) is 0. The zero-order valence-corrected chi connectivity index (χ0v) is 24.0. The molecule has 0 rings (SSSR count). The Morgan fingerprint density at radius 2 is 1.00 bits per heavy atom. The van der Waals surface area contributed by atoms with Gasteiger partial charge in [-0.3, -0.25) is 0 Å². The first-order valence-corrected chi connectivity index (χ1v) is 15.4. The van der Waals surface area contributed by atoms with Crippen LogP contribution in [-0.2, 0) is 18.9 Å². The van der Waals surface area contributed by atoms with E-state index >= 15 is 0 Å². The molecule has 0 amide bonds. The van der Waals surface area contributed by atoms with Crippen LogP contribution in [0, 0.1) is 0 Å². The molecule has 210 valence electrons. The molecule has 0 aliphatic heterocycles. The number of hydrogen-bond donors (Lipinski definition) is 0. The van der Waals surface area contributed by atoms with Crippen molar-refractivity contribution in [2.75, 3.05) is 26.6 Å². The van der Waals surface area contributed by atoms with E-state index in [2.05, 4.69) is 26.8 Å². The minimum atomic E-state index is -0.0346. The van der Waals surface area contributed by atoms with Gasteiger partial charge in [-0.05, 0) is 51.0 Å². The number of rotatable bonds is 30. The molecule has 0 saturated carbocycles. The van der Waals surface area contributed by atoms with Crippen molar-refractivity contribution >= 4 is 0 Å². The molecule has 0 bridgehead atoms. The molecule has 0 heterocycles. The van der Waals surface area contributed by atoms with Gasteiger partial charge in [0.2, 0.25) is 0 Å².